The maximum absolute atomic E-state index is 14.6. The normalized spacial score (nSPS) is 23.5. The number of nitrogens with zero attached hydrogens (tertiary/aromatic N) is 2. The summed E-state index contributed by atoms with van der Waals surface area (Å²) >= 11 is 0. The monoisotopic (exact) mass is 755 g/mol. The highest BCUT2D eigenvalue weighted by atomic mass is 32.2. The zero-order valence-electron chi connectivity index (χ0n) is 31.9. The molecule has 3 fully saturated rings. The van der Waals surface area contributed by atoms with Crippen LogP contribution in [-0.2, 0) is 29.2 Å². The van der Waals surface area contributed by atoms with Crippen molar-refractivity contribution < 1.29 is 41.8 Å². The molecule has 0 radical (unpaired) electrons. The fraction of sp³-hybridized carbons (Fsp3) is 0.605. The van der Waals surface area contributed by atoms with E-state index >= 15 is 0 Å². The van der Waals surface area contributed by atoms with Gasteiger partial charge in [-0.25, -0.2) is 13.4 Å². The Morgan fingerprint density at radius 3 is 2.38 bits per heavy atom. The highest BCUT2D eigenvalue weighted by molar-refractivity contribution is 7.91. The molecule has 2 heterocycles. The van der Waals surface area contributed by atoms with Gasteiger partial charge in [-0.3, -0.25) is 23.9 Å². The second-order valence-electron chi connectivity index (χ2n) is 16.3. The van der Waals surface area contributed by atoms with Crippen LogP contribution in [0.5, 0.6) is 17.4 Å². The molecular weight excluding hydrogens is 703 g/mol. The molecule has 0 unspecified atom stereocenters. The number of hydrogen-bond donors (Lipinski definition) is 3. The Kier molecular flexibility index (Phi) is 11.1. The number of amides is 4. The Hall–Kier alpha value is -4.40. The van der Waals surface area contributed by atoms with Crippen LogP contribution in [0.25, 0.3) is 10.9 Å². The average molecular weight is 756 g/mol. The fourth-order valence-corrected chi connectivity index (χ4v) is 8.21. The van der Waals surface area contributed by atoms with E-state index in [1.807, 2.05) is 54.5 Å². The van der Waals surface area contributed by atoms with Crippen molar-refractivity contribution in [3.63, 3.8) is 0 Å². The third-order valence-electron chi connectivity index (χ3n) is 9.89. The van der Waals surface area contributed by atoms with Crippen LogP contribution in [0.1, 0.15) is 80.6 Å². The zero-order valence-corrected chi connectivity index (χ0v) is 32.7. The topological polar surface area (TPSA) is 182 Å². The molecule has 14 nitrogen and oxygen atoms in total. The summed E-state index contributed by atoms with van der Waals surface area (Å²) in [5.41, 5.74) is -2.25. The number of sulfonamides is 1. The first-order chi connectivity index (χ1) is 24.7. The standard InChI is InChI=1S/C38H53N5O9S/c1-10-22-20-38(22,35(47)42-53(48,49)24-15-16-24)41-33(45)27-17-23(21-43(27)34(46)26(36(3,4)5)18-30(44)40-37(6,7)8)52-29-19-31(51-11-2)39-32-25(29)13-12-14-28(32)50-9/h10,12-14,19,22-24,26-27H,1,11,15-18,20-21H2,2-9H3,(H,40,44)(H,41,45)(H,42,47)/t22-,23-,26-,27-,38-/m1/s1. The molecule has 2 aromatic rings. The lowest BCUT2D eigenvalue weighted by Crippen LogP contribution is -2.57. The minimum absolute atomic E-state index is 0.0116. The first-order valence-corrected chi connectivity index (χ1v) is 19.7. The number of methoxy groups -OCH3 is 1. The van der Waals surface area contributed by atoms with Gasteiger partial charge in [0.05, 0.1) is 31.4 Å². The van der Waals surface area contributed by atoms with E-state index in [0.29, 0.717) is 47.7 Å². The molecule has 5 atom stereocenters. The van der Waals surface area contributed by atoms with Crippen LogP contribution in [-0.4, -0.2) is 90.7 Å². The Morgan fingerprint density at radius 2 is 1.81 bits per heavy atom. The summed E-state index contributed by atoms with van der Waals surface area (Å²) in [6.45, 7) is 17.1. The predicted octanol–water partition coefficient (Wildman–Crippen LogP) is 3.63. The molecule has 0 spiro atoms. The van der Waals surface area contributed by atoms with Crippen molar-refractivity contribution in [1.82, 2.24) is 25.2 Å². The van der Waals surface area contributed by atoms with Gasteiger partial charge < -0.3 is 29.7 Å². The molecule has 5 rings (SSSR count). The molecule has 53 heavy (non-hydrogen) atoms. The summed E-state index contributed by atoms with van der Waals surface area (Å²) in [6, 6.07) is 5.92. The van der Waals surface area contributed by atoms with Crippen molar-refractivity contribution in [3.05, 3.63) is 36.9 Å². The van der Waals surface area contributed by atoms with Crippen LogP contribution in [0.15, 0.2) is 36.9 Å². The Bertz CT molecular complexity index is 1880. The van der Waals surface area contributed by atoms with Crippen LogP contribution in [0, 0.1) is 17.3 Å². The molecule has 290 valence electrons. The van der Waals surface area contributed by atoms with E-state index in [1.165, 1.54) is 18.1 Å². The molecule has 3 aliphatic rings. The fourth-order valence-electron chi connectivity index (χ4n) is 6.85. The van der Waals surface area contributed by atoms with E-state index in [2.05, 4.69) is 26.9 Å². The highest BCUT2D eigenvalue weighted by Crippen LogP contribution is 2.46. The molecule has 4 amide bonds. The lowest BCUT2D eigenvalue weighted by molar-refractivity contribution is -0.147. The smallest absolute Gasteiger partial charge is 0.259 e. The number of carbonyl (C=O) groups is 4. The largest absolute Gasteiger partial charge is 0.494 e. The summed E-state index contributed by atoms with van der Waals surface area (Å²) in [5, 5.41) is 5.74. The van der Waals surface area contributed by atoms with Crippen LogP contribution in [0.2, 0.25) is 0 Å². The lowest BCUT2D eigenvalue weighted by atomic mass is 9.77. The highest BCUT2D eigenvalue weighted by Gasteiger charge is 2.62. The Balaban J connectivity index is 1.49. The summed E-state index contributed by atoms with van der Waals surface area (Å²) in [6.07, 6.45) is 1.79. The summed E-state index contributed by atoms with van der Waals surface area (Å²) in [5.74, 6) is -2.33. The van der Waals surface area contributed by atoms with Crippen LogP contribution in [0.3, 0.4) is 0 Å². The first kappa shape index (κ1) is 39.8. The number of carbonyl (C=O) groups excluding carboxylic acids is 4. The van der Waals surface area contributed by atoms with Crippen molar-refractivity contribution in [3.8, 4) is 17.4 Å². The summed E-state index contributed by atoms with van der Waals surface area (Å²) in [7, 11) is -2.36. The number of hydrogen-bond acceptors (Lipinski definition) is 10. The van der Waals surface area contributed by atoms with Gasteiger partial charge in [0, 0.05) is 35.8 Å². The summed E-state index contributed by atoms with van der Waals surface area (Å²) < 4.78 is 45.5. The average Bonchev–Trinajstić information content (AvgIpc) is 3.99. The second-order valence-corrected chi connectivity index (χ2v) is 18.3. The van der Waals surface area contributed by atoms with Gasteiger partial charge in [-0.15, -0.1) is 6.58 Å². The third kappa shape index (κ3) is 8.88. The number of pyridine rings is 1. The maximum Gasteiger partial charge on any atom is 0.259 e. The predicted molar refractivity (Wildman–Crippen MR) is 199 cm³/mol. The van der Waals surface area contributed by atoms with E-state index in [4.69, 9.17) is 14.2 Å². The van der Waals surface area contributed by atoms with E-state index in [9.17, 15) is 27.6 Å². The van der Waals surface area contributed by atoms with Gasteiger partial charge in [0.15, 0.2) is 0 Å². The van der Waals surface area contributed by atoms with Gasteiger partial charge >= 0.3 is 0 Å². The van der Waals surface area contributed by atoms with Gasteiger partial charge in [0.25, 0.3) is 5.91 Å². The van der Waals surface area contributed by atoms with Crippen LogP contribution in [0.4, 0.5) is 0 Å². The van der Waals surface area contributed by atoms with Crippen molar-refractivity contribution in [1.29, 1.82) is 0 Å². The number of ether oxygens (including phenoxy) is 3. The van der Waals surface area contributed by atoms with Crippen molar-refractivity contribution in [2.75, 3.05) is 20.3 Å². The van der Waals surface area contributed by atoms with Gasteiger partial charge in [-0.2, -0.15) is 0 Å². The Morgan fingerprint density at radius 1 is 1.11 bits per heavy atom. The van der Waals surface area contributed by atoms with Gasteiger partial charge in [-0.1, -0.05) is 32.9 Å². The zero-order chi connectivity index (χ0) is 39.1. The molecule has 2 saturated carbocycles. The van der Waals surface area contributed by atoms with Crippen LogP contribution >= 0.6 is 0 Å². The molecular formula is C38H53N5O9S. The molecule has 1 aromatic carbocycles. The van der Waals surface area contributed by atoms with Gasteiger partial charge in [0.2, 0.25) is 33.6 Å². The van der Waals surface area contributed by atoms with Crippen molar-refractivity contribution >= 4 is 44.6 Å². The quantitative estimate of drug-likeness (QED) is 0.241. The third-order valence-corrected chi connectivity index (χ3v) is 11.7. The van der Waals surface area contributed by atoms with Crippen molar-refractivity contribution in [2.45, 2.75) is 109 Å². The lowest BCUT2D eigenvalue weighted by Gasteiger charge is -2.35. The van der Waals surface area contributed by atoms with Gasteiger partial charge in [0.1, 0.15) is 34.7 Å². The molecule has 1 saturated heterocycles. The number of nitrogens with one attached hydrogen (secondary N) is 3. The first-order valence-electron chi connectivity index (χ1n) is 18.1. The summed E-state index contributed by atoms with van der Waals surface area (Å²) in [4.78, 5) is 61.7. The molecule has 15 heteroatoms. The number of rotatable bonds is 14. The number of fused-ring (bicyclic) bond motifs is 1. The minimum Gasteiger partial charge on any atom is -0.494 e. The van der Waals surface area contributed by atoms with E-state index in [1.54, 1.807) is 18.2 Å². The molecule has 1 aromatic heterocycles. The van der Waals surface area contributed by atoms with Crippen molar-refractivity contribution in [2.24, 2.45) is 17.3 Å². The SMILES string of the molecule is C=C[C@@H]1C[C@]1(NC(=O)[C@H]1C[C@@H](Oc2cc(OCC)nc3c(OC)cccc23)CN1C(=O)[C@@H](CC(=O)NC(C)(C)C)C(C)(C)C)C(=O)NS(=O)(=O)C1CC1. The number of para-hydroxylation sites is 1. The van der Waals surface area contributed by atoms with E-state index in [-0.39, 0.29) is 31.7 Å². The molecule has 3 N–H and O–H groups in total. The molecule has 0 bridgehead atoms. The maximum atomic E-state index is 14.6. The number of aromatic nitrogens is 1. The number of benzene rings is 1. The van der Waals surface area contributed by atoms with Crippen LogP contribution < -0.4 is 29.6 Å². The van der Waals surface area contributed by atoms with E-state index < -0.39 is 73.5 Å². The van der Waals surface area contributed by atoms with E-state index in [0.717, 1.165) is 0 Å². The molecule has 1 aliphatic heterocycles. The minimum atomic E-state index is -3.90. The Labute approximate surface area is 311 Å². The second kappa shape index (κ2) is 14.8. The van der Waals surface area contributed by atoms with Gasteiger partial charge in [-0.05, 0) is 64.5 Å². The number of likely N-dealkylation sites (tertiary alicyclic amines) is 1. The molecule has 2 aliphatic carbocycles.